The van der Waals surface area contributed by atoms with Gasteiger partial charge in [-0.3, -0.25) is 0 Å². The van der Waals surface area contributed by atoms with Crippen LogP contribution in [0.3, 0.4) is 0 Å². The van der Waals surface area contributed by atoms with Gasteiger partial charge in [-0.1, -0.05) is 70.9 Å². The molecule has 2 unspecified atom stereocenters. The molecule has 21 heavy (non-hydrogen) atoms. The summed E-state index contributed by atoms with van der Waals surface area (Å²) in [4.78, 5) is 0. The second-order valence-electron chi connectivity index (χ2n) is 7.28. The molecule has 1 nitrogen and oxygen atoms in total. The average molecular weight is 307 g/mol. The van der Waals surface area contributed by atoms with Gasteiger partial charge in [0.05, 0.1) is 5.60 Å². The van der Waals surface area contributed by atoms with Crippen molar-refractivity contribution in [3.05, 3.63) is 30.3 Å². The Labute approximate surface area is 133 Å². The summed E-state index contributed by atoms with van der Waals surface area (Å²) in [5.74, 6) is 0. The van der Waals surface area contributed by atoms with Gasteiger partial charge in [0, 0.05) is 0 Å². The lowest BCUT2D eigenvalue weighted by Gasteiger charge is -2.48. The Morgan fingerprint density at radius 2 is 1.52 bits per heavy atom. The fourth-order valence-corrected chi connectivity index (χ4v) is 7.76. The summed E-state index contributed by atoms with van der Waals surface area (Å²) in [5.41, 5.74) is -0.0546. The molecule has 1 rings (SSSR count). The molecule has 1 aromatic carbocycles. The molecule has 0 aliphatic rings. The fraction of sp³-hybridized carbons (Fsp3) is 0.684. The van der Waals surface area contributed by atoms with Gasteiger partial charge >= 0.3 is 0 Å². The van der Waals surface area contributed by atoms with Gasteiger partial charge < -0.3 is 4.43 Å². The molecule has 0 saturated carbocycles. The summed E-state index contributed by atoms with van der Waals surface area (Å²) >= 11 is 0. The van der Waals surface area contributed by atoms with Crippen LogP contribution in [0.5, 0.6) is 0 Å². The highest BCUT2D eigenvalue weighted by Crippen LogP contribution is 2.47. The smallest absolute Gasteiger partial charge is 0.227 e. The van der Waals surface area contributed by atoms with Crippen molar-refractivity contribution >= 4 is 13.5 Å². The summed E-state index contributed by atoms with van der Waals surface area (Å²) in [6.45, 7) is 16.2. The van der Waals surface area contributed by atoms with E-state index in [9.17, 15) is 0 Å². The van der Waals surface area contributed by atoms with Gasteiger partial charge in [0.25, 0.3) is 0 Å². The Bertz CT molecular complexity index is 428. The van der Waals surface area contributed by atoms with Crippen molar-refractivity contribution < 1.29 is 4.43 Å². The van der Waals surface area contributed by atoms with E-state index < -0.39 is 8.32 Å². The molecule has 0 spiro atoms. The lowest BCUT2D eigenvalue weighted by Crippen LogP contribution is -2.60. The maximum atomic E-state index is 6.91. The first-order valence-electron chi connectivity index (χ1n) is 8.50. The molecule has 0 heterocycles. The lowest BCUT2D eigenvalue weighted by molar-refractivity contribution is 0.0870. The zero-order chi connectivity index (χ0) is 16.1. The van der Waals surface area contributed by atoms with Crippen LogP contribution in [0.4, 0.5) is 0 Å². The van der Waals surface area contributed by atoms with Crippen LogP contribution in [0.15, 0.2) is 30.3 Å². The van der Waals surface area contributed by atoms with E-state index in [1.165, 1.54) is 24.4 Å². The van der Waals surface area contributed by atoms with Crippen molar-refractivity contribution in [2.45, 2.75) is 84.4 Å². The molecule has 0 N–H and O–H groups in total. The van der Waals surface area contributed by atoms with Gasteiger partial charge in [0.15, 0.2) is 0 Å². The molecule has 2 atom stereocenters. The van der Waals surface area contributed by atoms with E-state index in [1.54, 1.807) is 0 Å². The van der Waals surface area contributed by atoms with Crippen LogP contribution < -0.4 is 5.19 Å². The van der Waals surface area contributed by atoms with Gasteiger partial charge in [0.1, 0.15) is 0 Å². The quantitative estimate of drug-likeness (QED) is 0.564. The Morgan fingerprint density at radius 1 is 0.952 bits per heavy atom. The number of hydrogen-bond acceptors (Lipinski definition) is 1. The van der Waals surface area contributed by atoms with Crippen molar-refractivity contribution in [3.63, 3.8) is 0 Å². The van der Waals surface area contributed by atoms with Crippen LogP contribution in [0.2, 0.25) is 11.6 Å². The van der Waals surface area contributed by atoms with Crippen molar-refractivity contribution in [1.29, 1.82) is 0 Å². The summed E-state index contributed by atoms with van der Waals surface area (Å²) in [7, 11) is -2.06. The van der Waals surface area contributed by atoms with Crippen LogP contribution >= 0.6 is 0 Å². The first-order valence-corrected chi connectivity index (χ1v) is 10.9. The van der Waals surface area contributed by atoms with E-state index in [4.69, 9.17) is 4.43 Å². The molecule has 1 aromatic rings. The van der Waals surface area contributed by atoms with Gasteiger partial charge in [-0.15, -0.1) is 0 Å². The highest BCUT2D eigenvalue weighted by molar-refractivity contribution is 6.88. The van der Waals surface area contributed by atoms with E-state index in [1.807, 2.05) is 0 Å². The van der Waals surface area contributed by atoms with E-state index in [0.717, 1.165) is 6.42 Å². The summed E-state index contributed by atoms with van der Waals surface area (Å²) in [6, 6.07) is 11.0. The third-order valence-electron chi connectivity index (χ3n) is 5.39. The molecule has 2 heteroatoms. The lowest BCUT2D eigenvalue weighted by atomic mass is 10.0. The Kier molecular flexibility index (Phi) is 6.24. The molecule has 0 aliphatic heterocycles. The molecule has 0 bridgehead atoms. The topological polar surface area (TPSA) is 9.23 Å². The molecule has 0 amide bonds. The third kappa shape index (κ3) is 3.98. The highest BCUT2D eigenvalue weighted by atomic mass is 28.4. The third-order valence-corrected chi connectivity index (χ3v) is 10.7. The van der Waals surface area contributed by atoms with Gasteiger partial charge in [0.2, 0.25) is 8.32 Å². The predicted molar refractivity (Wildman–Crippen MR) is 96.7 cm³/mol. The van der Waals surface area contributed by atoms with Crippen LogP contribution in [0.25, 0.3) is 0 Å². The van der Waals surface area contributed by atoms with E-state index >= 15 is 0 Å². The molecule has 0 aromatic heterocycles. The second kappa shape index (κ2) is 7.10. The van der Waals surface area contributed by atoms with Crippen LogP contribution in [-0.2, 0) is 4.43 Å². The first-order chi connectivity index (χ1) is 9.74. The summed E-state index contributed by atoms with van der Waals surface area (Å²) in [5, 5.41) is 1.71. The zero-order valence-electron chi connectivity index (χ0n) is 15.1. The van der Waals surface area contributed by atoms with Gasteiger partial charge in [-0.25, -0.2) is 0 Å². The van der Waals surface area contributed by atoms with Crippen molar-refractivity contribution in [2.24, 2.45) is 0 Å². The van der Waals surface area contributed by atoms with Crippen molar-refractivity contribution in [3.8, 4) is 0 Å². The minimum atomic E-state index is -2.06. The number of hydrogen-bond donors (Lipinski definition) is 0. The van der Waals surface area contributed by atoms with E-state index in [2.05, 4.69) is 78.4 Å². The molecule has 0 aliphatic carbocycles. The molecular formula is C19H34OSi. The standard InChI is InChI=1S/C19H34OSi/c1-8-16-19(6,10-3)21(7,20-18(4,5)9-2)17-14-12-11-13-15-17/h11-15H,8-10,16H2,1-7H3. The van der Waals surface area contributed by atoms with Crippen molar-refractivity contribution in [1.82, 2.24) is 0 Å². The van der Waals surface area contributed by atoms with Crippen LogP contribution in [0.1, 0.15) is 67.2 Å². The summed E-state index contributed by atoms with van der Waals surface area (Å²) < 4.78 is 6.91. The minimum Gasteiger partial charge on any atom is -0.407 e. The van der Waals surface area contributed by atoms with Gasteiger partial charge in [-0.2, -0.15) is 0 Å². The first kappa shape index (κ1) is 18.4. The number of rotatable bonds is 8. The second-order valence-corrected chi connectivity index (χ2v) is 11.3. The Morgan fingerprint density at radius 3 is 1.95 bits per heavy atom. The van der Waals surface area contributed by atoms with Crippen LogP contribution in [0, 0.1) is 0 Å². The zero-order valence-corrected chi connectivity index (χ0v) is 16.1. The van der Waals surface area contributed by atoms with Crippen LogP contribution in [-0.4, -0.2) is 13.9 Å². The van der Waals surface area contributed by atoms with E-state index in [0.29, 0.717) is 0 Å². The minimum absolute atomic E-state index is 0.0546. The molecular weight excluding hydrogens is 272 g/mol. The molecule has 0 fully saturated rings. The highest BCUT2D eigenvalue weighted by Gasteiger charge is 2.50. The van der Waals surface area contributed by atoms with Gasteiger partial charge in [-0.05, 0) is 43.5 Å². The molecule has 0 radical (unpaired) electrons. The molecule has 120 valence electrons. The Balaban J connectivity index is 3.35. The van der Waals surface area contributed by atoms with E-state index in [-0.39, 0.29) is 10.6 Å². The monoisotopic (exact) mass is 306 g/mol. The normalized spacial score (nSPS) is 18.0. The largest absolute Gasteiger partial charge is 0.407 e. The fourth-order valence-electron chi connectivity index (χ4n) is 3.22. The maximum Gasteiger partial charge on any atom is 0.227 e. The van der Waals surface area contributed by atoms with Crippen molar-refractivity contribution in [2.75, 3.05) is 0 Å². The maximum absolute atomic E-state index is 6.91. The predicted octanol–water partition coefficient (Wildman–Crippen LogP) is 5.64. The SMILES string of the molecule is CCCC(C)(CC)[Si](C)(OC(C)(C)CC)c1ccccc1. The molecule has 0 saturated heterocycles. The Hall–Kier alpha value is -0.603. The number of benzene rings is 1. The average Bonchev–Trinajstić information content (AvgIpc) is 2.47. The summed E-state index contributed by atoms with van der Waals surface area (Å²) in [6.07, 6.45) is 4.68.